The van der Waals surface area contributed by atoms with Gasteiger partial charge in [-0.25, -0.2) is 14.4 Å². The van der Waals surface area contributed by atoms with E-state index in [2.05, 4.69) is 41.2 Å². The first-order chi connectivity index (χ1) is 35.1. The molecule has 0 fully saturated rings. The number of aryl methyl sites for hydroxylation is 1. The molecule has 75 heavy (non-hydrogen) atoms. The number of aromatic hydroxyl groups is 4. The molecule has 0 spiro atoms. The molecule has 1 aromatic heterocycles. The lowest BCUT2D eigenvalue weighted by Gasteiger charge is -2.39. The maximum Gasteiger partial charge on any atom is 0.338 e. The Labute approximate surface area is 426 Å². The van der Waals surface area contributed by atoms with Gasteiger partial charge in [-0.1, -0.05) is 44.6 Å². The zero-order chi connectivity index (χ0) is 55.1. The van der Waals surface area contributed by atoms with Gasteiger partial charge in [0.15, 0.2) is 5.58 Å². The lowest BCUT2D eigenvalue weighted by atomic mass is 9.83. The average Bonchev–Trinajstić information content (AvgIpc) is 3.31. The summed E-state index contributed by atoms with van der Waals surface area (Å²) in [6.07, 6.45) is 4.55. The molecule has 25 heteroatoms. The number of benzene rings is 5. The summed E-state index contributed by atoms with van der Waals surface area (Å²) in [6, 6.07) is 11.0. The number of carboxylic acids is 2. The molecule has 2 aliphatic heterocycles. The van der Waals surface area contributed by atoms with Crippen molar-refractivity contribution in [3.63, 3.8) is 0 Å². The predicted molar refractivity (Wildman–Crippen MR) is 267 cm³/mol. The van der Waals surface area contributed by atoms with Crippen LogP contribution < -0.4 is 15.1 Å². The minimum atomic E-state index is -4.98. The van der Waals surface area contributed by atoms with Gasteiger partial charge < -0.3 is 49.6 Å². The van der Waals surface area contributed by atoms with Crippen molar-refractivity contribution in [2.24, 2.45) is 26.4 Å². The third-order valence-electron chi connectivity index (χ3n) is 12.2. The van der Waals surface area contributed by atoms with Gasteiger partial charge >= 0.3 is 17.6 Å². The van der Waals surface area contributed by atoms with Crippen molar-refractivity contribution in [3.05, 3.63) is 116 Å². The largest absolute Gasteiger partial charge is 0.508 e. The number of phenols is 4. The Morgan fingerprint density at radius 1 is 0.733 bits per heavy atom. The molecule has 0 radical (unpaired) electrons. The van der Waals surface area contributed by atoms with Crippen LogP contribution in [-0.2, 0) is 33.1 Å². The van der Waals surface area contributed by atoms with E-state index < -0.39 is 99.2 Å². The Morgan fingerprint density at radius 3 is 1.68 bits per heavy atom. The van der Waals surface area contributed by atoms with E-state index in [0.29, 0.717) is 16.9 Å². The third-order valence-corrected chi connectivity index (χ3v) is 14.0. The molecule has 8 rings (SSSR count). The van der Waals surface area contributed by atoms with Gasteiger partial charge in [-0.2, -0.15) is 27.1 Å². The smallest absolute Gasteiger partial charge is 0.338 e. The molecule has 9 N–H and O–H groups in total. The van der Waals surface area contributed by atoms with Gasteiger partial charge in [0.25, 0.3) is 20.2 Å². The molecule has 0 bridgehead atoms. The standard InChI is InChI=1S/C28H20N4O14S2.C22H28O5/c33-17-9-19(27(37)38)25(21(35)11-17)31-29-15-5-3-13(23(7-15)47(41,42)43)1-2-14-4-6-16(8-24(14)48(44,45)46)30-32-26-20(28(39)40)10-18(34)12-22(26)36;1-6-7-13-10-15(23)26-21-16(13)20-14(8-9-22(4,5)27-20)19-17(21)18(24)11(2)12(3)25-19/h1-12,33-36H,(H,37,38)(H,39,40)(H,41,42,43)(H,44,45,46);10-12,18,24H,6-9H2,1-5H3/b2-1+,31-29?,32-30?;/t;11-,12-,18-/m.0/s1. The lowest BCUT2D eigenvalue weighted by molar-refractivity contribution is 0.0151. The van der Waals surface area contributed by atoms with E-state index in [4.69, 9.17) is 13.9 Å². The first kappa shape index (κ1) is 54.5. The van der Waals surface area contributed by atoms with Crippen molar-refractivity contribution in [2.45, 2.75) is 87.9 Å². The van der Waals surface area contributed by atoms with E-state index in [9.17, 15) is 76.1 Å². The topological polar surface area (TPSA) is 383 Å². The fourth-order valence-electron chi connectivity index (χ4n) is 8.31. The normalized spacial score (nSPS) is 17.3. The zero-order valence-corrected chi connectivity index (χ0v) is 41.9. The molecule has 2 aliphatic rings. The number of carboxylic acid groups (broad SMARTS) is 2. The summed E-state index contributed by atoms with van der Waals surface area (Å²) < 4.78 is 86.6. The molecule has 0 saturated heterocycles. The fraction of sp³-hybridized carbons (Fsp3) is 0.260. The van der Waals surface area contributed by atoms with Crippen molar-refractivity contribution in [3.8, 4) is 34.5 Å². The molecule has 3 heterocycles. The van der Waals surface area contributed by atoms with Crippen LogP contribution in [0.5, 0.6) is 34.5 Å². The third kappa shape index (κ3) is 11.8. The van der Waals surface area contributed by atoms with Crippen LogP contribution in [0.1, 0.15) is 102 Å². The molecule has 5 aromatic carbocycles. The number of azo groups is 2. The number of aliphatic hydroxyl groups is 1. The van der Waals surface area contributed by atoms with Gasteiger partial charge in [-0.3, -0.25) is 9.11 Å². The number of phenolic OH excluding ortho intramolecular Hbond substituents is 4. The van der Waals surface area contributed by atoms with Gasteiger partial charge in [-0.05, 0) is 93.1 Å². The summed E-state index contributed by atoms with van der Waals surface area (Å²) >= 11 is 0. The summed E-state index contributed by atoms with van der Waals surface area (Å²) in [7, 11) is -9.95. The van der Waals surface area contributed by atoms with E-state index >= 15 is 0 Å². The summed E-state index contributed by atoms with van der Waals surface area (Å²) in [4.78, 5) is 33.7. The fourth-order valence-corrected chi connectivity index (χ4v) is 9.72. The van der Waals surface area contributed by atoms with Crippen LogP contribution in [0.25, 0.3) is 23.1 Å². The molecule has 23 nitrogen and oxygen atoms in total. The monoisotopic (exact) mass is 1070 g/mol. The Morgan fingerprint density at radius 2 is 1.23 bits per heavy atom. The van der Waals surface area contributed by atoms with E-state index in [1.54, 1.807) is 6.07 Å². The zero-order valence-electron chi connectivity index (χ0n) is 40.3. The van der Waals surface area contributed by atoms with Crippen LogP contribution in [0.2, 0.25) is 0 Å². The number of fused-ring (bicyclic) bond motifs is 6. The van der Waals surface area contributed by atoms with Crippen LogP contribution in [-0.4, -0.2) is 85.3 Å². The number of hydrogen-bond donors (Lipinski definition) is 9. The van der Waals surface area contributed by atoms with Crippen LogP contribution in [0, 0.1) is 5.92 Å². The number of hydrogen-bond acceptors (Lipinski definition) is 19. The van der Waals surface area contributed by atoms with Gasteiger partial charge in [0, 0.05) is 29.7 Å². The predicted octanol–water partition coefficient (Wildman–Crippen LogP) is 9.70. The average molecular weight is 1070 g/mol. The van der Waals surface area contributed by atoms with Gasteiger partial charge in [0.1, 0.15) is 67.4 Å². The second-order valence-corrected chi connectivity index (χ2v) is 20.8. The second-order valence-electron chi connectivity index (χ2n) is 18.0. The Balaban J connectivity index is 0.000000255. The molecule has 3 atom stereocenters. The first-order valence-electron chi connectivity index (χ1n) is 22.6. The van der Waals surface area contributed by atoms with Crippen molar-refractivity contribution in [1.29, 1.82) is 0 Å². The molecule has 0 amide bonds. The van der Waals surface area contributed by atoms with E-state index in [0.717, 1.165) is 109 Å². The van der Waals surface area contributed by atoms with Crippen molar-refractivity contribution in [1.82, 2.24) is 0 Å². The molecule has 0 unspecified atom stereocenters. The Hall–Kier alpha value is -8.23. The SMILES string of the molecule is CCCc1cc(=O)oc2c3c(c4c(c12)OC(C)(C)CC4)O[C@@H](C)[C@H](C)[C@@H]3O.O=C(O)c1cc(O)cc(O)c1N=Nc1ccc(/C=C/c2ccc(N=Nc3c(O)cc(O)cc3C(=O)O)cc2S(=O)(=O)O)c(S(=O)(=O)O)c1. The van der Waals surface area contributed by atoms with E-state index in [1.165, 1.54) is 12.1 Å². The number of ether oxygens (including phenoxy) is 2. The maximum absolute atomic E-state index is 12.3. The molecule has 0 saturated carbocycles. The number of aliphatic hydroxyl groups excluding tert-OH is 1. The van der Waals surface area contributed by atoms with E-state index in [1.807, 2.05) is 13.8 Å². The molecular formula is C50H48N4O19S2. The first-order valence-corrected chi connectivity index (χ1v) is 25.5. The highest BCUT2D eigenvalue weighted by molar-refractivity contribution is 7.86. The Kier molecular flexibility index (Phi) is 15.2. The van der Waals surface area contributed by atoms with Crippen LogP contribution in [0.3, 0.4) is 0 Å². The maximum atomic E-state index is 12.3. The Bertz CT molecular complexity index is 3540. The minimum absolute atomic E-state index is 0.0974. The molecule has 6 aromatic rings. The van der Waals surface area contributed by atoms with Gasteiger partial charge in [0.05, 0.1) is 39.6 Å². The highest BCUT2D eigenvalue weighted by Crippen LogP contribution is 2.53. The second kappa shape index (κ2) is 20.9. The van der Waals surface area contributed by atoms with E-state index in [-0.39, 0.29) is 40.1 Å². The molecule has 394 valence electrons. The highest BCUT2D eigenvalue weighted by atomic mass is 32.2. The number of rotatable bonds is 12. The van der Waals surface area contributed by atoms with Crippen LogP contribution in [0.15, 0.2) is 106 Å². The molecule has 0 aliphatic carbocycles. The van der Waals surface area contributed by atoms with Crippen molar-refractivity contribution < 1.29 is 85.2 Å². The van der Waals surface area contributed by atoms with Gasteiger partial charge in [-0.15, -0.1) is 10.2 Å². The minimum Gasteiger partial charge on any atom is -0.508 e. The molecular weight excluding hydrogens is 1020 g/mol. The lowest BCUT2D eigenvalue weighted by Crippen LogP contribution is -2.36. The van der Waals surface area contributed by atoms with Crippen molar-refractivity contribution >= 4 is 78.0 Å². The summed E-state index contributed by atoms with van der Waals surface area (Å²) in [6.45, 7) is 10.1. The van der Waals surface area contributed by atoms with Gasteiger partial charge in [0.2, 0.25) is 0 Å². The van der Waals surface area contributed by atoms with Crippen LogP contribution >= 0.6 is 0 Å². The quantitative estimate of drug-likeness (QED) is 0.0238. The number of aromatic carboxylic acids is 2. The summed E-state index contributed by atoms with van der Waals surface area (Å²) in [5.74, 6) is -4.50. The summed E-state index contributed by atoms with van der Waals surface area (Å²) in [5.41, 5.74) is -1.11. The number of carbonyl (C=O) groups is 2. The van der Waals surface area contributed by atoms with Crippen LogP contribution in [0.4, 0.5) is 22.7 Å². The highest BCUT2D eigenvalue weighted by Gasteiger charge is 2.41. The summed E-state index contributed by atoms with van der Waals surface area (Å²) in [5, 5.41) is 84.2. The number of nitrogens with zero attached hydrogens (tertiary/aromatic N) is 4. The van der Waals surface area contributed by atoms with Crippen molar-refractivity contribution in [2.75, 3.05) is 0 Å².